The van der Waals surface area contributed by atoms with Gasteiger partial charge in [0.05, 0.1) is 0 Å². The van der Waals surface area contributed by atoms with Crippen LogP contribution in [0, 0.1) is 5.92 Å². The molecule has 3 fully saturated rings. The van der Waals surface area contributed by atoms with Gasteiger partial charge in [-0.2, -0.15) is 0 Å². The van der Waals surface area contributed by atoms with E-state index in [-0.39, 0.29) is 5.91 Å². The summed E-state index contributed by atoms with van der Waals surface area (Å²) in [5.74, 6) is 2.19. The van der Waals surface area contributed by atoms with Crippen LogP contribution in [0.2, 0.25) is 0 Å². The lowest BCUT2D eigenvalue weighted by Crippen LogP contribution is -2.51. The summed E-state index contributed by atoms with van der Waals surface area (Å²) in [5.41, 5.74) is 8.24. The van der Waals surface area contributed by atoms with E-state index in [0.29, 0.717) is 17.5 Å². The number of nitrogens with zero attached hydrogens (tertiary/aromatic N) is 1. The highest BCUT2D eigenvalue weighted by molar-refractivity contribution is 5.97. The first-order chi connectivity index (χ1) is 10.7. The highest BCUT2D eigenvalue weighted by Gasteiger charge is 2.45. The van der Waals surface area contributed by atoms with E-state index in [2.05, 4.69) is 4.90 Å². The molecular formula is C18H20N2O2. The zero-order valence-corrected chi connectivity index (χ0v) is 12.5. The average Bonchev–Trinajstić information content (AvgIpc) is 2.86. The van der Waals surface area contributed by atoms with Gasteiger partial charge in [-0.05, 0) is 49.8 Å². The average molecular weight is 296 g/mol. The minimum Gasteiger partial charge on any atom is -0.460 e. The van der Waals surface area contributed by atoms with Gasteiger partial charge in [0.1, 0.15) is 11.3 Å². The maximum absolute atomic E-state index is 11.5. The van der Waals surface area contributed by atoms with E-state index in [9.17, 15) is 4.79 Å². The third-order valence-electron chi connectivity index (χ3n) is 5.98. The molecule has 0 radical (unpaired) electrons. The fourth-order valence-electron chi connectivity index (χ4n) is 4.98. The van der Waals surface area contributed by atoms with Crippen LogP contribution in [0.25, 0.3) is 11.0 Å². The molecule has 6 rings (SSSR count). The number of furan rings is 1. The zero-order valence-electron chi connectivity index (χ0n) is 12.5. The van der Waals surface area contributed by atoms with Crippen LogP contribution in [-0.4, -0.2) is 29.9 Å². The molecule has 4 bridgehead atoms. The van der Waals surface area contributed by atoms with Gasteiger partial charge in [-0.25, -0.2) is 0 Å². The van der Waals surface area contributed by atoms with Gasteiger partial charge in [-0.3, -0.25) is 9.69 Å². The van der Waals surface area contributed by atoms with E-state index < -0.39 is 0 Å². The van der Waals surface area contributed by atoms with Crippen molar-refractivity contribution < 1.29 is 9.21 Å². The highest BCUT2D eigenvalue weighted by Crippen LogP contribution is 2.48. The van der Waals surface area contributed by atoms with Crippen molar-refractivity contribution in [3.05, 3.63) is 35.1 Å². The van der Waals surface area contributed by atoms with Crippen molar-refractivity contribution in [2.75, 3.05) is 13.1 Å². The Morgan fingerprint density at radius 3 is 3.05 bits per heavy atom. The van der Waals surface area contributed by atoms with Gasteiger partial charge in [0.15, 0.2) is 0 Å². The molecule has 1 aromatic heterocycles. The van der Waals surface area contributed by atoms with Crippen molar-refractivity contribution in [1.82, 2.24) is 4.90 Å². The summed E-state index contributed by atoms with van der Waals surface area (Å²) >= 11 is 0. The first kappa shape index (κ1) is 12.7. The molecule has 4 atom stereocenters. The summed E-state index contributed by atoms with van der Waals surface area (Å²) in [6.45, 7) is 2.37. The minimum absolute atomic E-state index is 0.368. The SMILES string of the molecule is NC(=O)c1ccc2oc3c(c2c1)CCN1C[C@H]2CCC1[C@H]3C2. The number of piperidine rings is 2. The lowest BCUT2D eigenvalue weighted by molar-refractivity contribution is 0.0307. The largest absolute Gasteiger partial charge is 0.460 e. The molecule has 2 saturated heterocycles. The Labute approximate surface area is 129 Å². The standard InChI is InChI=1S/C18H20N2O2/c19-18(21)11-2-4-16-13(8-11)12-5-6-20-9-10-1-3-15(20)14(7-10)17(12)22-16/h2,4,8,10,14-15H,1,3,5-7,9H2,(H2,19,21)/t10-,14+,15?/m0/s1. The fraction of sp³-hybridized carbons (Fsp3) is 0.500. The number of benzene rings is 1. The Morgan fingerprint density at radius 1 is 1.32 bits per heavy atom. The van der Waals surface area contributed by atoms with E-state index in [4.69, 9.17) is 10.2 Å². The van der Waals surface area contributed by atoms with Gasteiger partial charge >= 0.3 is 0 Å². The first-order valence-corrected chi connectivity index (χ1v) is 8.30. The molecule has 2 unspecified atom stereocenters. The van der Waals surface area contributed by atoms with Crippen molar-refractivity contribution in [3.8, 4) is 0 Å². The molecule has 4 heterocycles. The van der Waals surface area contributed by atoms with E-state index >= 15 is 0 Å². The molecule has 4 nitrogen and oxygen atoms in total. The van der Waals surface area contributed by atoms with E-state index in [1.54, 1.807) is 6.07 Å². The van der Waals surface area contributed by atoms with Crippen molar-refractivity contribution in [2.24, 2.45) is 11.7 Å². The second-order valence-corrected chi connectivity index (χ2v) is 7.12. The van der Waals surface area contributed by atoms with Gasteiger partial charge in [0.25, 0.3) is 0 Å². The van der Waals surface area contributed by atoms with E-state index in [1.165, 1.54) is 37.1 Å². The number of carbonyl (C=O) groups excluding carboxylic acids is 1. The van der Waals surface area contributed by atoms with Gasteiger partial charge in [-0.15, -0.1) is 0 Å². The van der Waals surface area contributed by atoms with Gasteiger partial charge in [0, 0.05) is 41.6 Å². The van der Waals surface area contributed by atoms with Crippen LogP contribution in [0.5, 0.6) is 0 Å². The summed E-state index contributed by atoms with van der Waals surface area (Å²) in [6, 6.07) is 6.25. The third-order valence-corrected chi connectivity index (χ3v) is 5.98. The van der Waals surface area contributed by atoms with Crippen LogP contribution in [0.3, 0.4) is 0 Å². The lowest BCUT2D eigenvalue weighted by atomic mass is 9.72. The topological polar surface area (TPSA) is 59.5 Å². The fourth-order valence-corrected chi connectivity index (χ4v) is 4.98. The number of nitrogens with two attached hydrogens (primary N) is 1. The summed E-state index contributed by atoms with van der Waals surface area (Å²) in [4.78, 5) is 14.1. The van der Waals surface area contributed by atoms with Crippen molar-refractivity contribution in [3.63, 3.8) is 0 Å². The molecule has 114 valence electrons. The van der Waals surface area contributed by atoms with Crippen LogP contribution in [0.1, 0.15) is 46.9 Å². The van der Waals surface area contributed by atoms with Crippen molar-refractivity contribution >= 4 is 16.9 Å². The maximum atomic E-state index is 11.5. The molecule has 0 spiro atoms. The lowest BCUT2D eigenvalue weighted by Gasteiger charge is -2.48. The molecule has 2 N–H and O–H groups in total. The maximum Gasteiger partial charge on any atom is 0.248 e. The monoisotopic (exact) mass is 296 g/mol. The van der Waals surface area contributed by atoms with Crippen LogP contribution in [0.4, 0.5) is 0 Å². The molecule has 1 aromatic carbocycles. The van der Waals surface area contributed by atoms with Crippen LogP contribution < -0.4 is 5.73 Å². The van der Waals surface area contributed by atoms with Crippen LogP contribution >= 0.6 is 0 Å². The number of amides is 1. The van der Waals surface area contributed by atoms with Crippen molar-refractivity contribution in [2.45, 2.75) is 37.6 Å². The van der Waals surface area contributed by atoms with Crippen LogP contribution in [-0.2, 0) is 6.42 Å². The summed E-state index contributed by atoms with van der Waals surface area (Å²) in [5, 5.41) is 1.09. The minimum atomic E-state index is -0.368. The predicted molar refractivity (Wildman–Crippen MR) is 83.9 cm³/mol. The molecule has 2 aromatic rings. The molecule has 4 aliphatic rings. The number of carbonyl (C=O) groups is 1. The highest BCUT2D eigenvalue weighted by atomic mass is 16.3. The number of fused-ring (bicyclic) bond motifs is 4. The smallest absolute Gasteiger partial charge is 0.248 e. The van der Waals surface area contributed by atoms with Gasteiger partial charge in [-0.1, -0.05) is 0 Å². The molecule has 1 aliphatic carbocycles. The van der Waals surface area contributed by atoms with E-state index in [1.807, 2.05) is 12.1 Å². The van der Waals surface area contributed by atoms with Crippen molar-refractivity contribution in [1.29, 1.82) is 0 Å². The second-order valence-electron chi connectivity index (χ2n) is 7.12. The Bertz CT molecular complexity index is 779. The Hall–Kier alpha value is -1.81. The molecule has 3 aliphatic heterocycles. The first-order valence-electron chi connectivity index (χ1n) is 8.30. The summed E-state index contributed by atoms with van der Waals surface area (Å²) in [6.07, 6.45) is 4.96. The Kier molecular flexibility index (Phi) is 2.51. The molecule has 22 heavy (non-hydrogen) atoms. The van der Waals surface area contributed by atoms with Gasteiger partial charge < -0.3 is 10.2 Å². The van der Waals surface area contributed by atoms with Gasteiger partial charge in [0.2, 0.25) is 5.91 Å². The number of rotatable bonds is 1. The Balaban J connectivity index is 1.69. The molecular weight excluding hydrogens is 276 g/mol. The number of hydrogen-bond acceptors (Lipinski definition) is 3. The quantitative estimate of drug-likeness (QED) is 0.880. The second kappa shape index (κ2) is 4.35. The Morgan fingerprint density at radius 2 is 2.23 bits per heavy atom. The zero-order chi connectivity index (χ0) is 14.8. The normalized spacial score (nSPS) is 32.7. The molecule has 4 heteroatoms. The summed E-state index contributed by atoms with van der Waals surface area (Å²) in [7, 11) is 0. The summed E-state index contributed by atoms with van der Waals surface area (Å²) < 4.78 is 6.26. The predicted octanol–water partition coefficient (Wildman–Crippen LogP) is 2.66. The molecule has 1 saturated carbocycles. The van der Waals surface area contributed by atoms with E-state index in [0.717, 1.165) is 29.9 Å². The number of hydrogen-bond donors (Lipinski definition) is 1. The third kappa shape index (κ3) is 1.64. The molecule has 1 amide bonds. The number of primary amides is 1. The van der Waals surface area contributed by atoms with Crippen LogP contribution in [0.15, 0.2) is 22.6 Å².